The van der Waals surface area contributed by atoms with Gasteiger partial charge in [-0.2, -0.15) is 0 Å². The van der Waals surface area contributed by atoms with Crippen molar-refractivity contribution in [3.63, 3.8) is 0 Å². The van der Waals surface area contributed by atoms with E-state index in [0.717, 1.165) is 12.8 Å². The van der Waals surface area contributed by atoms with Gasteiger partial charge in [0.1, 0.15) is 5.75 Å². The number of esters is 1. The molecule has 20 heavy (non-hydrogen) atoms. The second-order valence-electron chi connectivity index (χ2n) is 4.16. The third kappa shape index (κ3) is 5.02. The van der Waals surface area contributed by atoms with Gasteiger partial charge in [-0.3, -0.25) is 4.79 Å². The molecule has 0 aromatic heterocycles. The van der Waals surface area contributed by atoms with E-state index in [1.54, 1.807) is 0 Å². The predicted octanol–water partition coefficient (Wildman–Crippen LogP) is 2.51. The van der Waals surface area contributed by atoms with Crippen LogP contribution in [0.4, 0.5) is 0 Å². The highest BCUT2D eigenvalue weighted by molar-refractivity contribution is 8.13. The fourth-order valence-electron chi connectivity index (χ4n) is 1.58. The average molecular weight is 321 g/mol. The molecule has 0 aliphatic rings. The topological polar surface area (TPSA) is 69.7 Å². The van der Waals surface area contributed by atoms with E-state index in [-0.39, 0.29) is 11.3 Å². The molecule has 0 bridgehead atoms. The quantitative estimate of drug-likeness (QED) is 0.438. The van der Waals surface area contributed by atoms with Crippen LogP contribution >= 0.6 is 10.7 Å². The predicted molar refractivity (Wildman–Crippen MR) is 75.6 cm³/mol. The zero-order valence-electron chi connectivity index (χ0n) is 11.4. The number of carbonyl (C=O) groups excluding carboxylic acids is 1. The van der Waals surface area contributed by atoms with Gasteiger partial charge in [-0.1, -0.05) is 13.3 Å². The Balaban J connectivity index is 2.89. The van der Waals surface area contributed by atoms with E-state index < -0.39 is 15.0 Å². The van der Waals surface area contributed by atoms with E-state index in [1.165, 1.54) is 25.3 Å². The Labute approximate surface area is 123 Å². The van der Waals surface area contributed by atoms with Gasteiger partial charge < -0.3 is 9.47 Å². The van der Waals surface area contributed by atoms with Crippen molar-refractivity contribution in [1.29, 1.82) is 0 Å². The van der Waals surface area contributed by atoms with Crippen molar-refractivity contribution >= 4 is 25.7 Å². The lowest BCUT2D eigenvalue weighted by Crippen LogP contribution is -2.10. The monoisotopic (exact) mass is 320 g/mol. The van der Waals surface area contributed by atoms with E-state index in [0.29, 0.717) is 17.9 Å². The van der Waals surface area contributed by atoms with Crippen LogP contribution in [0.25, 0.3) is 0 Å². The molecule has 0 unspecified atom stereocenters. The van der Waals surface area contributed by atoms with Crippen LogP contribution < -0.4 is 4.74 Å². The van der Waals surface area contributed by atoms with Crippen molar-refractivity contribution in [3.05, 3.63) is 23.8 Å². The van der Waals surface area contributed by atoms with Crippen LogP contribution in [0.15, 0.2) is 23.1 Å². The van der Waals surface area contributed by atoms with Crippen molar-refractivity contribution < 1.29 is 22.7 Å². The van der Waals surface area contributed by atoms with Gasteiger partial charge in [0, 0.05) is 16.2 Å². The first-order chi connectivity index (χ1) is 9.38. The van der Waals surface area contributed by atoms with Crippen LogP contribution in [0.2, 0.25) is 0 Å². The smallest absolute Gasteiger partial charge is 0.310 e. The van der Waals surface area contributed by atoms with Crippen molar-refractivity contribution in [2.24, 2.45) is 0 Å². The zero-order chi connectivity index (χ0) is 15.2. The Kier molecular flexibility index (Phi) is 6.29. The Bertz CT molecular complexity index is 568. The van der Waals surface area contributed by atoms with Crippen LogP contribution in [0.5, 0.6) is 5.75 Å². The summed E-state index contributed by atoms with van der Waals surface area (Å²) in [6, 6.07) is 4.11. The number of benzene rings is 1. The molecule has 0 aliphatic heterocycles. The first-order valence-electron chi connectivity index (χ1n) is 6.15. The highest BCUT2D eigenvalue weighted by Gasteiger charge is 2.16. The second-order valence-corrected chi connectivity index (χ2v) is 6.73. The summed E-state index contributed by atoms with van der Waals surface area (Å²) in [5.74, 6) is -0.0117. The number of hydrogen-bond acceptors (Lipinski definition) is 5. The van der Waals surface area contributed by atoms with E-state index in [4.69, 9.17) is 20.2 Å². The van der Waals surface area contributed by atoms with Crippen LogP contribution in [0, 0.1) is 0 Å². The fraction of sp³-hybridized carbons (Fsp3) is 0.462. The van der Waals surface area contributed by atoms with Crippen LogP contribution in [0.1, 0.15) is 25.3 Å². The average Bonchev–Trinajstić information content (AvgIpc) is 2.38. The molecule has 1 aromatic rings. The molecule has 1 aromatic carbocycles. The lowest BCUT2D eigenvalue weighted by atomic mass is 10.1. The summed E-state index contributed by atoms with van der Waals surface area (Å²) in [5, 5.41) is 0. The number of unbranched alkanes of at least 4 members (excludes halogenated alkanes) is 1. The number of carbonyl (C=O) groups is 1. The van der Waals surface area contributed by atoms with Gasteiger partial charge in [0.25, 0.3) is 9.05 Å². The van der Waals surface area contributed by atoms with Gasteiger partial charge in [0.15, 0.2) is 0 Å². The summed E-state index contributed by atoms with van der Waals surface area (Å²) in [5.41, 5.74) is 0.427. The van der Waals surface area contributed by atoms with Gasteiger partial charge in [-0.15, -0.1) is 0 Å². The summed E-state index contributed by atoms with van der Waals surface area (Å²) < 4.78 is 32.7. The van der Waals surface area contributed by atoms with Gasteiger partial charge in [0.05, 0.1) is 25.0 Å². The molecule has 112 valence electrons. The summed E-state index contributed by atoms with van der Waals surface area (Å²) in [6.45, 7) is 2.34. The summed E-state index contributed by atoms with van der Waals surface area (Å²) >= 11 is 0. The Hall–Kier alpha value is -1.27. The molecule has 0 aliphatic carbocycles. The number of ether oxygens (including phenoxy) is 2. The molecule has 0 saturated carbocycles. The second kappa shape index (κ2) is 7.50. The molecule has 0 saturated heterocycles. The zero-order valence-corrected chi connectivity index (χ0v) is 13.0. The highest BCUT2D eigenvalue weighted by atomic mass is 35.7. The number of methoxy groups -OCH3 is 1. The fourth-order valence-corrected chi connectivity index (χ4v) is 2.38. The number of rotatable bonds is 7. The summed E-state index contributed by atoms with van der Waals surface area (Å²) in [6.07, 6.45) is 1.66. The summed E-state index contributed by atoms with van der Waals surface area (Å²) in [7, 11) is 2.88. The lowest BCUT2D eigenvalue weighted by molar-refractivity contribution is -0.142. The molecule has 5 nitrogen and oxygen atoms in total. The van der Waals surface area contributed by atoms with Crippen molar-refractivity contribution in [1.82, 2.24) is 0 Å². The normalized spacial score (nSPS) is 11.2. The molecule has 7 heteroatoms. The molecule has 0 heterocycles. The van der Waals surface area contributed by atoms with E-state index in [1.807, 2.05) is 6.92 Å². The van der Waals surface area contributed by atoms with Crippen LogP contribution in [0.3, 0.4) is 0 Å². The van der Waals surface area contributed by atoms with Gasteiger partial charge >= 0.3 is 5.97 Å². The number of hydrogen-bond donors (Lipinski definition) is 0. The Morgan fingerprint density at radius 1 is 1.35 bits per heavy atom. The molecular weight excluding hydrogens is 304 g/mol. The summed E-state index contributed by atoms with van der Waals surface area (Å²) in [4.78, 5) is 11.6. The maximum absolute atomic E-state index is 11.7. The lowest BCUT2D eigenvalue weighted by Gasteiger charge is -2.09. The first kappa shape index (κ1) is 16.8. The minimum absolute atomic E-state index is 0.0624. The maximum Gasteiger partial charge on any atom is 0.310 e. The third-order valence-corrected chi connectivity index (χ3v) is 3.98. The molecule has 0 spiro atoms. The minimum atomic E-state index is -3.84. The highest BCUT2D eigenvalue weighted by Crippen LogP contribution is 2.25. The van der Waals surface area contributed by atoms with Crippen molar-refractivity contribution in [2.45, 2.75) is 31.1 Å². The first-order valence-corrected chi connectivity index (χ1v) is 8.46. The van der Waals surface area contributed by atoms with Crippen molar-refractivity contribution in [3.8, 4) is 5.75 Å². The molecule has 0 amide bonds. The molecule has 0 N–H and O–H groups in total. The molecule has 0 atom stereocenters. The van der Waals surface area contributed by atoms with Gasteiger partial charge in [0.2, 0.25) is 0 Å². The molecule has 0 radical (unpaired) electrons. The number of halogens is 1. The van der Waals surface area contributed by atoms with E-state index in [2.05, 4.69) is 0 Å². The standard InChI is InChI=1S/C13H17ClO5S/c1-3-4-7-19-13(15)9-10-8-11(20(14,16)17)5-6-12(10)18-2/h5-6,8H,3-4,7,9H2,1-2H3. The maximum atomic E-state index is 11.7. The Morgan fingerprint density at radius 2 is 2.05 bits per heavy atom. The van der Waals surface area contributed by atoms with Crippen LogP contribution in [-0.2, 0) is 25.0 Å². The van der Waals surface area contributed by atoms with E-state index in [9.17, 15) is 13.2 Å². The Morgan fingerprint density at radius 3 is 2.60 bits per heavy atom. The van der Waals surface area contributed by atoms with E-state index >= 15 is 0 Å². The van der Waals surface area contributed by atoms with Gasteiger partial charge in [-0.05, 0) is 24.6 Å². The van der Waals surface area contributed by atoms with Crippen LogP contribution in [-0.4, -0.2) is 28.1 Å². The minimum Gasteiger partial charge on any atom is -0.496 e. The third-order valence-electron chi connectivity index (χ3n) is 2.63. The largest absolute Gasteiger partial charge is 0.496 e. The SMILES string of the molecule is CCCCOC(=O)Cc1cc(S(=O)(=O)Cl)ccc1OC. The molecular formula is C13H17ClO5S. The molecule has 0 fully saturated rings. The molecule has 1 rings (SSSR count). The van der Waals surface area contributed by atoms with Gasteiger partial charge in [-0.25, -0.2) is 8.42 Å². The van der Waals surface area contributed by atoms with Crippen molar-refractivity contribution in [2.75, 3.05) is 13.7 Å².